The summed E-state index contributed by atoms with van der Waals surface area (Å²) < 4.78 is 54.5. The zero-order valence-electron chi connectivity index (χ0n) is 45.6. The van der Waals surface area contributed by atoms with Crippen molar-refractivity contribution in [1.82, 2.24) is 29.8 Å². The molecule has 0 saturated carbocycles. The number of sulfonamides is 2. The van der Waals surface area contributed by atoms with Crippen molar-refractivity contribution in [2.24, 2.45) is 11.8 Å². The first-order valence-electron chi connectivity index (χ1n) is 26.4. The highest BCUT2D eigenvalue weighted by Gasteiger charge is 2.56. The van der Waals surface area contributed by atoms with Gasteiger partial charge in [0.2, 0.25) is 20.0 Å². The van der Waals surface area contributed by atoms with Crippen molar-refractivity contribution in [1.29, 1.82) is 0 Å². The molecule has 2 aromatic rings. The fourth-order valence-electron chi connectivity index (χ4n) is 12.2. The molecule has 4 heterocycles. The molecule has 0 aliphatic carbocycles. The highest BCUT2D eigenvalue weighted by atomic mass is 32.2. The fourth-order valence-corrected chi connectivity index (χ4v) is 16.5. The van der Waals surface area contributed by atoms with Crippen LogP contribution in [0.2, 0.25) is 0 Å². The lowest BCUT2D eigenvalue weighted by Gasteiger charge is -2.44. The van der Waals surface area contributed by atoms with Gasteiger partial charge in [0.15, 0.2) is 9.49 Å². The second-order valence-corrected chi connectivity index (χ2v) is 26.1. The van der Waals surface area contributed by atoms with Crippen LogP contribution < -0.4 is 26.1 Å². The molecule has 0 spiro atoms. The predicted molar refractivity (Wildman–Crippen MR) is 286 cm³/mol. The Morgan fingerprint density at radius 1 is 0.535 bits per heavy atom. The van der Waals surface area contributed by atoms with Crippen molar-refractivity contribution in [3.63, 3.8) is 0 Å². The maximum absolute atomic E-state index is 13.8. The van der Waals surface area contributed by atoms with Crippen molar-refractivity contribution in [3.8, 4) is 0 Å². The van der Waals surface area contributed by atoms with Gasteiger partial charge >= 0.3 is 0 Å². The van der Waals surface area contributed by atoms with Gasteiger partial charge in [0.1, 0.15) is 0 Å². The molecule has 0 aromatic heterocycles. The zero-order valence-corrected chi connectivity index (χ0v) is 47.2. The molecule has 2 aromatic carbocycles. The first-order valence-corrected chi connectivity index (χ1v) is 29.3. The van der Waals surface area contributed by atoms with E-state index in [2.05, 4.69) is 98.2 Å². The third-order valence-corrected chi connectivity index (χ3v) is 22.4. The summed E-state index contributed by atoms with van der Waals surface area (Å²) in [6.45, 7) is 32.2. The maximum atomic E-state index is 13.8. The van der Waals surface area contributed by atoms with E-state index in [9.17, 15) is 36.8 Å². The monoisotopic (exact) mass is 1030 g/mol. The summed E-state index contributed by atoms with van der Waals surface area (Å²) >= 11 is 0. The quantitative estimate of drug-likeness (QED) is 0.0933. The van der Waals surface area contributed by atoms with Gasteiger partial charge in [-0.2, -0.15) is 8.61 Å². The Morgan fingerprint density at radius 2 is 0.845 bits per heavy atom. The van der Waals surface area contributed by atoms with Crippen LogP contribution in [0.4, 0.5) is 11.4 Å². The van der Waals surface area contributed by atoms with E-state index >= 15 is 0 Å². The number of benzene rings is 2. The molecule has 4 aliphatic rings. The summed E-state index contributed by atoms with van der Waals surface area (Å²) in [4.78, 5) is 31.9. The first-order chi connectivity index (χ1) is 33.4. The van der Waals surface area contributed by atoms with Gasteiger partial charge in [0.05, 0.1) is 0 Å². The van der Waals surface area contributed by atoms with E-state index in [4.69, 9.17) is 0 Å². The topological polar surface area (TPSA) is 195 Å². The van der Waals surface area contributed by atoms with Crippen LogP contribution in [0.25, 0.3) is 0 Å². The van der Waals surface area contributed by atoms with Gasteiger partial charge in [-0.3, -0.25) is 20.0 Å². The van der Waals surface area contributed by atoms with E-state index in [1.54, 1.807) is 11.0 Å². The molecule has 16 nitrogen and oxygen atoms in total. The summed E-state index contributed by atoms with van der Waals surface area (Å²) in [6.07, 6.45) is 7.66. The molecule has 18 heteroatoms. The fraction of sp³-hybridized carbons (Fsp3) is 0.736. The van der Waals surface area contributed by atoms with Gasteiger partial charge in [-0.15, -0.1) is 0 Å². The number of rotatable bonds is 16. The van der Waals surface area contributed by atoms with Crippen molar-refractivity contribution in [2.75, 3.05) is 95.4 Å². The van der Waals surface area contributed by atoms with E-state index in [1.807, 2.05) is 11.9 Å². The molecule has 2 amide bonds. The van der Waals surface area contributed by atoms with Gasteiger partial charge in [-0.05, 0) is 195 Å². The minimum atomic E-state index is -3.94. The number of hydroxylamine groups is 2. The number of carbonyl (C=O) groups excluding carboxylic acids is 2. The molecule has 402 valence electrons. The van der Waals surface area contributed by atoms with Crippen LogP contribution in [-0.2, 0) is 42.5 Å². The van der Waals surface area contributed by atoms with Gasteiger partial charge in [-0.25, -0.2) is 27.8 Å². The van der Waals surface area contributed by atoms with Crippen LogP contribution in [0, 0.1) is 67.2 Å². The van der Waals surface area contributed by atoms with Crippen molar-refractivity contribution in [2.45, 2.75) is 157 Å². The van der Waals surface area contributed by atoms with Crippen molar-refractivity contribution < 1.29 is 36.8 Å². The summed E-state index contributed by atoms with van der Waals surface area (Å²) in [5.41, 5.74) is 19.1. The lowest BCUT2D eigenvalue weighted by molar-refractivity contribution is -0.133. The maximum Gasteiger partial charge on any atom is 0.266 e. The van der Waals surface area contributed by atoms with Gasteiger partial charge in [0, 0.05) is 63.7 Å². The third kappa shape index (κ3) is 11.6. The Hall–Kier alpha value is -3.36. The van der Waals surface area contributed by atoms with Gasteiger partial charge in [-0.1, -0.05) is 53.4 Å². The predicted octanol–water partition coefficient (Wildman–Crippen LogP) is 6.30. The van der Waals surface area contributed by atoms with E-state index in [0.29, 0.717) is 90.4 Å². The number of anilines is 2. The average molecular weight is 1030 g/mol. The number of piperazine rings is 2. The summed E-state index contributed by atoms with van der Waals surface area (Å²) in [7, 11) is -5.96. The van der Waals surface area contributed by atoms with Crippen LogP contribution in [0.5, 0.6) is 0 Å². The second-order valence-electron chi connectivity index (χ2n) is 21.6. The first kappa shape index (κ1) is 58.5. The number of nitrogens with zero attached hydrogens (tertiary/aromatic N) is 5. The number of amides is 2. The number of hydrogen-bond donors (Lipinski definition) is 5. The second kappa shape index (κ2) is 24.3. The average Bonchev–Trinajstić information content (AvgIpc) is 3.36. The van der Waals surface area contributed by atoms with Gasteiger partial charge in [0.25, 0.3) is 11.8 Å². The summed E-state index contributed by atoms with van der Waals surface area (Å²) in [5, 5.41) is 21.8. The van der Waals surface area contributed by atoms with E-state index in [1.165, 1.54) is 101 Å². The van der Waals surface area contributed by atoms with E-state index in [0.717, 1.165) is 12.8 Å². The highest BCUT2D eigenvalue weighted by molar-refractivity contribution is 7.91. The molecule has 2 unspecified atom stereocenters. The van der Waals surface area contributed by atoms with Crippen molar-refractivity contribution >= 4 is 43.2 Å². The highest BCUT2D eigenvalue weighted by Crippen LogP contribution is 2.40. The normalized spacial score (nSPS) is 20.2. The molecule has 0 bridgehead atoms. The van der Waals surface area contributed by atoms with E-state index in [-0.39, 0.29) is 25.7 Å². The molecule has 4 saturated heterocycles. The van der Waals surface area contributed by atoms with E-state index < -0.39 is 41.4 Å². The van der Waals surface area contributed by atoms with Crippen LogP contribution in [-0.4, -0.2) is 148 Å². The zero-order chi connectivity index (χ0) is 52.8. The van der Waals surface area contributed by atoms with Crippen LogP contribution in [0.3, 0.4) is 0 Å². The Kier molecular flexibility index (Phi) is 20.1. The number of piperidine rings is 2. The Balaban J connectivity index is 0.000000264. The molecule has 2 atom stereocenters. The molecule has 6 rings (SSSR count). The summed E-state index contributed by atoms with van der Waals surface area (Å²) in [6, 6.07) is 0. The molecular weight excluding hydrogens is 941 g/mol. The molecule has 0 radical (unpaired) electrons. The lowest BCUT2D eigenvalue weighted by Crippen LogP contribution is -2.63. The SMILES string of the molecule is CCCC(C)Cc1c(C)c(C)c(N2CCN(S(=O)(=O)C3(C(=O)NO)CCN(C)CC3)CC2)c(C)c1C.CCCC(C)Cc1c(C)c(C)c(N2CCN(S(=O)(=O)C3(C(=O)NO)CCNCC3)CC2)c(C)c1C. The summed E-state index contributed by atoms with van der Waals surface area (Å²) in [5.74, 6) is -0.348. The number of hydrogen-bond acceptors (Lipinski definition) is 12. The number of likely N-dealkylation sites (tertiary alicyclic amines) is 1. The third-order valence-electron chi connectivity index (χ3n) is 17.2. The van der Waals surface area contributed by atoms with Crippen LogP contribution in [0.1, 0.15) is 135 Å². The van der Waals surface area contributed by atoms with Gasteiger partial charge < -0.3 is 20.0 Å². The minimum absolute atomic E-state index is 0.149. The number of carbonyl (C=O) groups is 2. The molecule has 5 N–H and O–H groups in total. The number of nitrogens with one attached hydrogen (secondary N) is 3. The minimum Gasteiger partial charge on any atom is -0.368 e. The molecule has 4 fully saturated rings. The largest absolute Gasteiger partial charge is 0.368 e. The Morgan fingerprint density at radius 3 is 1.14 bits per heavy atom. The van der Waals surface area contributed by atoms with Crippen LogP contribution in [0.15, 0.2) is 0 Å². The molecule has 4 aliphatic heterocycles. The molecular formula is C53H90N8O8S2. The van der Waals surface area contributed by atoms with Crippen molar-refractivity contribution in [3.05, 3.63) is 55.6 Å². The smallest absolute Gasteiger partial charge is 0.266 e. The Bertz CT molecular complexity index is 2360. The standard InChI is InChI=1S/C27H46N4O4S.C26H44N4O4S/c1-8-9-19(2)18-24-20(3)22(5)25(23(6)21(24)4)30-14-16-31(17-15-30)36(34,35)27(26(32)28-33)10-12-29(7)13-11-27;1-7-8-18(2)17-23-19(3)21(5)24(22(6)20(23)4)29-13-15-30(16-14-29)35(33,34)26(25(31)28-32)9-11-27-12-10-26/h19,33H,8-18H2,1-7H3,(H,28,32);18,27,32H,7-17H2,1-6H3,(H,28,31). The molecule has 71 heavy (non-hydrogen) atoms. The van der Waals surface area contributed by atoms with Crippen LogP contribution >= 0.6 is 0 Å². The Labute approximate surface area is 427 Å². The lowest BCUT2D eigenvalue weighted by atomic mass is 9.85.